The normalized spacial score (nSPS) is 8.27. The predicted octanol–water partition coefficient (Wildman–Crippen LogP) is 1.72. The maximum Gasteiger partial charge on any atom is 0.100 e. The highest BCUT2D eigenvalue weighted by Crippen LogP contribution is 2.13. The van der Waals surface area contributed by atoms with E-state index in [1.54, 1.807) is 18.2 Å². The molecule has 0 aromatic heterocycles. The molecule has 1 rings (SSSR count). The van der Waals surface area contributed by atoms with Crippen LogP contribution in [0, 0.1) is 22.7 Å². The van der Waals surface area contributed by atoms with Crippen molar-refractivity contribution in [2.45, 2.75) is 4.90 Å². The van der Waals surface area contributed by atoms with Gasteiger partial charge in [0.05, 0.1) is 17.2 Å². The van der Waals surface area contributed by atoms with E-state index in [1.807, 2.05) is 12.1 Å². The van der Waals surface area contributed by atoms with Crippen LogP contribution in [0.5, 0.6) is 0 Å². The number of hydrogen-bond donors (Lipinski definition) is 1. The Bertz CT molecular complexity index is 357. The van der Waals surface area contributed by atoms with E-state index >= 15 is 0 Å². The van der Waals surface area contributed by atoms with Gasteiger partial charge in [-0.15, -0.1) is 12.6 Å². The first-order valence-electron chi connectivity index (χ1n) is 2.91. The minimum absolute atomic E-state index is 0.493. The third-order valence-electron chi connectivity index (χ3n) is 1.25. The molecule has 0 amide bonds. The van der Waals surface area contributed by atoms with Gasteiger partial charge in [-0.25, -0.2) is 0 Å². The summed E-state index contributed by atoms with van der Waals surface area (Å²) in [6.07, 6.45) is 0. The van der Waals surface area contributed by atoms with Crippen LogP contribution in [0.25, 0.3) is 0 Å². The van der Waals surface area contributed by atoms with Crippen LogP contribution in [-0.2, 0) is 0 Å². The molecule has 0 unspecified atom stereocenters. The smallest absolute Gasteiger partial charge is 0.100 e. The molecule has 0 aliphatic heterocycles. The lowest BCUT2D eigenvalue weighted by Crippen LogP contribution is -1.79. The summed E-state index contributed by atoms with van der Waals surface area (Å²) < 4.78 is 0. The zero-order valence-electron chi connectivity index (χ0n) is 5.57. The van der Waals surface area contributed by atoms with Crippen molar-refractivity contribution in [2.75, 3.05) is 0 Å². The average molecular weight is 160 g/mol. The van der Waals surface area contributed by atoms with Crippen molar-refractivity contribution in [3.05, 3.63) is 29.3 Å². The van der Waals surface area contributed by atoms with E-state index in [1.165, 1.54) is 0 Å². The van der Waals surface area contributed by atoms with Gasteiger partial charge in [-0.3, -0.25) is 0 Å². The zero-order chi connectivity index (χ0) is 8.27. The molecule has 1 aromatic carbocycles. The molecule has 3 heteroatoms. The molecule has 0 bridgehead atoms. The molecule has 0 radical (unpaired) electrons. The van der Waals surface area contributed by atoms with Crippen LogP contribution >= 0.6 is 12.6 Å². The van der Waals surface area contributed by atoms with Gasteiger partial charge in [-0.05, 0) is 18.2 Å². The molecule has 0 heterocycles. The van der Waals surface area contributed by atoms with E-state index < -0.39 is 0 Å². The quantitative estimate of drug-likeness (QED) is 0.587. The van der Waals surface area contributed by atoms with Crippen molar-refractivity contribution >= 4 is 12.6 Å². The van der Waals surface area contributed by atoms with Gasteiger partial charge in [0.15, 0.2) is 0 Å². The van der Waals surface area contributed by atoms with E-state index in [4.69, 9.17) is 10.5 Å². The van der Waals surface area contributed by atoms with E-state index in [0.717, 1.165) is 0 Å². The molecule has 1 aromatic rings. The summed E-state index contributed by atoms with van der Waals surface area (Å²) in [5.74, 6) is 0. The molecule has 2 nitrogen and oxygen atoms in total. The third kappa shape index (κ3) is 1.52. The van der Waals surface area contributed by atoms with E-state index in [-0.39, 0.29) is 0 Å². The van der Waals surface area contributed by atoms with Gasteiger partial charge in [0.2, 0.25) is 0 Å². The van der Waals surface area contributed by atoms with Crippen molar-refractivity contribution in [3.8, 4) is 12.1 Å². The van der Waals surface area contributed by atoms with Crippen molar-refractivity contribution in [2.24, 2.45) is 0 Å². The first-order chi connectivity index (χ1) is 5.27. The topological polar surface area (TPSA) is 47.6 Å². The van der Waals surface area contributed by atoms with Gasteiger partial charge in [0.1, 0.15) is 6.07 Å². The minimum Gasteiger partial charge on any atom is -0.192 e. The van der Waals surface area contributed by atoms with Crippen LogP contribution in [0.1, 0.15) is 11.1 Å². The molecule has 0 spiro atoms. The van der Waals surface area contributed by atoms with Gasteiger partial charge in [0.25, 0.3) is 0 Å². The maximum absolute atomic E-state index is 8.50. The third-order valence-corrected chi connectivity index (χ3v) is 1.62. The van der Waals surface area contributed by atoms with Crippen LogP contribution < -0.4 is 0 Å². The lowest BCUT2D eigenvalue weighted by atomic mass is 10.2. The fourth-order valence-corrected chi connectivity index (χ4v) is 0.959. The van der Waals surface area contributed by atoms with Gasteiger partial charge in [0, 0.05) is 4.90 Å². The maximum atomic E-state index is 8.50. The molecule has 11 heavy (non-hydrogen) atoms. The summed E-state index contributed by atoms with van der Waals surface area (Å²) in [6.45, 7) is 0. The van der Waals surface area contributed by atoms with Crippen LogP contribution in [0.2, 0.25) is 0 Å². The second-order valence-corrected chi connectivity index (χ2v) is 2.44. The highest BCUT2D eigenvalue weighted by atomic mass is 32.1. The molecule has 0 fully saturated rings. The summed E-state index contributed by atoms with van der Waals surface area (Å²) in [7, 11) is 0. The van der Waals surface area contributed by atoms with Crippen molar-refractivity contribution < 1.29 is 0 Å². The Labute approximate surface area is 70.1 Å². The predicted molar refractivity (Wildman–Crippen MR) is 43.1 cm³/mol. The number of thiol groups is 1. The Morgan fingerprint density at radius 2 is 1.91 bits per heavy atom. The second-order valence-electron chi connectivity index (χ2n) is 1.96. The number of hydrogen-bond acceptors (Lipinski definition) is 3. The van der Waals surface area contributed by atoms with Crippen LogP contribution in [0.3, 0.4) is 0 Å². The van der Waals surface area contributed by atoms with Gasteiger partial charge in [-0.1, -0.05) is 0 Å². The second kappa shape index (κ2) is 3.09. The Morgan fingerprint density at radius 1 is 1.18 bits per heavy atom. The Balaban J connectivity index is 3.25. The fourth-order valence-electron chi connectivity index (χ4n) is 0.696. The van der Waals surface area contributed by atoms with Crippen molar-refractivity contribution in [1.29, 1.82) is 10.5 Å². The monoisotopic (exact) mass is 160 g/mol. The SMILES string of the molecule is N#Cc1ccc(C#N)c(S)c1. The Morgan fingerprint density at radius 3 is 2.36 bits per heavy atom. The summed E-state index contributed by atoms with van der Waals surface area (Å²) in [4.78, 5) is 0.548. The molecule has 0 atom stereocenters. The van der Waals surface area contributed by atoms with Gasteiger partial charge < -0.3 is 0 Å². The summed E-state index contributed by atoms with van der Waals surface area (Å²) in [5.41, 5.74) is 1.02. The zero-order valence-corrected chi connectivity index (χ0v) is 6.47. The lowest BCUT2D eigenvalue weighted by Gasteiger charge is -1.93. The average Bonchev–Trinajstić information content (AvgIpc) is 2.04. The first kappa shape index (κ1) is 7.65. The summed E-state index contributed by atoms with van der Waals surface area (Å²) in [5, 5.41) is 17.0. The number of nitrogens with zero attached hydrogens (tertiary/aromatic N) is 2. The molecule has 0 N–H and O–H groups in total. The number of benzene rings is 1. The van der Waals surface area contributed by atoms with Crippen molar-refractivity contribution in [3.63, 3.8) is 0 Å². The van der Waals surface area contributed by atoms with E-state index in [2.05, 4.69) is 12.6 Å². The van der Waals surface area contributed by atoms with Crippen LogP contribution in [0.4, 0.5) is 0 Å². The molecule has 0 aliphatic rings. The van der Waals surface area contributed by atoms with E-state index in [0.29, 0.717) is 16.0 Å². The largest absolute Gasteiger partial charge is 0.192 e. The molecule has 0 aliphatic carbocycles. The molecule has 0 saturated carbocycles. The van der Waals surface area contributed by atoms with Crippen LogP contribution in [0.15, 0.2) is 23.1 Å². The molecule has 0 saturated heterocycles. The summed E-state index contributed by atoms with van der Waals surface area (Å²) in [6, 6.07) is 8.67. The molecule has 52 valence electrons. The minimum atomic E-state index is 0.493. The summed E-state index contributed by atoms with van der Waals surface area (Å²) >= 11 is 4.03. The fraction of sp³-hybridized carbons (Fsp3) is 0. The number of rotatable bonds is 0. The standard InChI is InChI=1S/C8H4N2S/c9-4-6-1-2-7(5-10)8(11)3-6/h1-3,11H. The van der Waals surface area contributed by atoms with Crippen LogP contribution in [-0.4, -0.2) is 0 Å². The van der Waals surface area contributed by atoms with Gasteiger partial charge in [-0.2, -0.15) is 10.5 Å². The highest BCUT2D eigenvalue weighted by molar-refractivity contribution is 7.80. The molecular weight excluding hydrogens is 156 g/mol. The number of nitriles is 2. The Hall–Kier alpha value is -1.45. The highest BCUT2D eigenvalue weighted by Gasteiger charge is 1.97. The first-order valence-corrected chi connectivity index (χ1v) is 3.36. The Kier molecular flexibility index (Phi) is 2.15. The van der Waals surface area contributed by atoms with Crippen molar-refractivity contribution in [1.82, 2.24) is 0 Å². The van der Waals surface area contributed by atoms with E-state index in [9.17, 15) is 0 Å². The molecular formula is C8H4N2S. The van der Waals surface area contributed by atoms with Gasteiger partial charge >= 0.3 is 0 Å². The lowest BCUT2D eigenvalue weighted by molar-refractivity contribution is 1.35.